The van der Waals surface area contributed by atoms with Gasteiger partial charge in [-0.1, -0.05) is 13.8 Å². The van der Waals surface area contributed by atoms with Gasteiger partial charge in [-0.25, -0.2) is 14.0 Å². The monoisotopic (exact) mass is 676 g/mol. The molecule has 248 valence electrons. The molecule has 42 heavy (non-hydrogen) atoms. The van der Waals surface area contributed by atoms with Gasteiger partial charge in [0.05, 0.1) is 5.57 Å². The standard InChI is InChI=1S/C17H9F21O4/c1-3(2)4(6(39)40)5(7(41)42)8(18,16(33,34)35)9(19,20)10(21,22)11(23,24)12(25,26)13(27,28)14(29,30)15(31,32)17(36,37)38/h3H,1-2H3,(H,39,40)(H,41,42). The predicted molar refractivity (Wildman–Crippen MR) is 87.7 cm³/mol. The van der Waals surface area contributed by atoms with Crippen LogP contribution in [0.5, 0.6) is 0 Å². The zero-order valence-corrected chi connectivity index (χ0v) is 19.2. The molecule has 0 radical (unpaired) electrons. The molecule has 0 bridgehead atoms. The number of carbonyl (C=O) groups is 2. The van der Waals surface area contributed by atoms with Crippen LogP contribution in [-0.2, 0) is 9.59 Å². The molecule has 1 unspecified atom stereocenters. The van der Waals surface area contributed by atoms with Gasteiger partial charge in [-0.15, -0.1) is 0 Å². The summed E-state index contributed by atoms with van der Waals surface area (Å²) in [5.41, 5.74) is -15.2. The molecule has 25 heteroatoms. The van der Waals surface area contributed by atoms with E-state index in [2.05, 4.69) is 0 Å². The third-order valence-electron chi connectivity index (χ3n) is 5.18. The van der Waals surface area contributed by atoms with Crippen molar-refractivity contribution in [3.8, 4) is 0 Å². The van der Waals surface area contributed by atoms with E-state index in [0.717, 1.165) is 0 Å². The van der Waals surface area contributed by atoms with Gasteiger partial charge in [-0.2, -0.15) is 87.8 Å². The number of aliphatic carboxylic acids is 2. The average Bonchev–Trinajstić information content (AvgIpc) is 2.73. The molecule has 0 saturated heterocycles. The van der Waals surface area contributed by atoms with Crippen LogP contribution in [0.2, 0.25) is 0 Å². The van der Waals surface area contributed by atoms with Gasteiger partial charge >= 0.3 is 71.4 Å². The Balaban J connectivity index is 8.03. The van der Waals surface area contributed by atoms with Gasteiger partial charge in [0.1, 0.15) is 5.57 Å². The third kappa shape index (κ3) is 4.86. The zero-order valence-electron chi connectivity index (χ0n) is 19.2. The van der Waals surface area contributed by atoms with Crippen LogP contribution in [0.3, 0.4) is 0 Å². The van der Waals surface area contributed by atoms with Gasteiger partial charge in [0, 0.05) is 0 Å². The first kappa shape index (κ1) is 39.2. The van der Waals surface area contributed by atoms with E-state index in [-0.39, 0.29) is 13.8 Å². The largest absolute Gasteiger partial charge is 0.478 e. The quantitative estimate of drug-likeness (QED) is 0.177. The highest BCUT2D eigenvalue weighted by atomic mass is 19.4. The number of carboxylic acids is 2. The second kappa shape index (κ2) is 10.1. The lowest BCUT2D eigenvalue weighted by Gasteiger charge is -2.45. The molecule has 0 fully saturated rings. The van der Waals surface area contributed by atoms with Crippen LogP contribution in [0.15, 0.2) is 11.1 Å². The molecule has 0 aliphatic carbocycles. The maximum atomic E-state index is 15.0. The first-order valence-corrected chi connectivity index (χ1v) is 9.52. The van der Waals surface area contributed by atoms with Crippen LogP contribution in [0.25, 0.3) is 0 Å². The summed E-state index contributed by atoms with van der Waals surface area (Å²) >= 11 is 0. The van der Waals surface area contributed by atoms with Gasteiger partial charge in [-0.3, -0.25) is 0 Å². The first-order valence-electron chi connectivity index (χ1n) is 9.52. The van der Waals surface area contributed by atoms with Crippen LogP contribution in [0.4, 0.5) is 92.2 Å². The second-order valence-electron chi connectivity index (χ2n) is 8.23. The van der Waals surface area contributed by atoms with Crippen molar-refractivity contribution in [1.29, 1.82) is 0 Å². The molecule has 0 aromatic rings. The van der Waals surface area contributed by atoms with Crippen molar-refractivity contribution < 1.29 is 112 Å². The van der Waals surface area contributed by atoms with Gasteiger partial charge in [-0.05, 0) is 5.92 Å². The molecule has 0 spiro atoms. The predicted octanol–water partition coefficient (Wildman–Crippen LogP) is 7.39. The number of hydrogen-bond donors (Lipinski definition) is 2. The van der Waals surface area contributed by atoms with Gasteiger partial charge < -0.3 is 10.2 Å². The fourth-order valence-electron chi connectivity index (χ4n) is 2.95. The number of halogens is 21. The lowest BCUT2D eigenvalue weighted by Crippen LogP contribution is -2.77. The smallest absolute Gasteiger partial charge is 0.460 e. The van der Waals surface area contributed by atoms with Crippen molar-refractivity contribution in [2.24, 2.45) is 5.92 Å². The molecule has 0 aliphatic rings. The molecular formula is C17H9F21O4. The second-order valence-corrected chi connectivity index (χ2v) is 8.23. The van der Waals surface area contributed by atoms with Crippen molar-refractivity contribution in [2.75, 3.05) is 0 Å². The molecule has 1 atom stereocenters. The fourth-order valence-corrected chi connectivity index (χ4v) is 2.95. The van der Waals surface area contributed by atoms with Gasteiger partial charge in [0.15, 0.2) is 0 Å². The summed E-state index contributed by atoms with van der Waals surface area (Å²) in [7, 11) is 0. The van der Waals surface area contributed by atoms with Crippen molar-refractivity contribution in [2.45, 2.75) is 73.3 Å². The van der Waals surface area contributed by atoms with E-state index in [0.29, 0.717) is 0 Å². The number of carboxylic acid groups (broad SMARTS) is 2. The van der Waals surface area contributed by atoms with Crippen LogP contribution in [0.1, 0.15) is 13.8 Å². The van der Waals surface area contributed by atoms with E-state index >= 15 is 4.39 Å². The van der Waals surface area contributed by atoms with Crippen LogP contribution in [0, 0.1) is 5.92 Å². The molecule has 0 saturated carbocycles. The van der Waals surface area contributed by atoms with Crippen molar-refractivity contribution >= 4 is 11.9 Å². The van der Waals surface area contributed by atoms with E-state index < -0.39 is 88.5 Å². The topological polar surface area (TPSA) is 74.6 Å². The third-order valence-corrected chi connectivity index (χ3v) is 5.18. The SMILES string of the molecule is CC(C)C(C(=O)O)=C(C(=O)O)C(F)(C(F)(F)F)C(F)(F)C(F)(F)C(F)(F)C(F)(F)C(F)(F)C(F)(F)C(F)(F)C(F)(F)F. The van der Waals surface area contributed by atoms with Gasteiger partial charge in [0.25, 0.3) is 0 Å². The lowest BCUT2D eigenvalue weighted by molar-refractivity contribution is -0.469. The normalized spacial score (nSPS) is 17.6. The summed E-state index contributed by atoms with van der Waals surface area (Å²) in [6, 6.07) is 0. The first-order chi connectivity index (χ1) is 17.8. The zero-order chi connectivity index (χ0) is 34.9. The number of alkyl halides is 21. The summed E-state index contributed by atoms with van der Waals surface area (Å²) in [6.07, 6.45) is -16.3. The minimum absolute atomic E-state index is 0.200. The summed E-state index contributed by atoms with van der Waals surface area (Å²) in [4.78, 5) is 22.3. The molecule has 0 aliphatic heterocycles. The fraction of sp³-hybridized carbons (Fsp3) is 0.765. The Morgan fingerprint density at radius 3 is 0.881 bits per heavy atom. The highest BCUT2D eigenvalue weighted by Crippen LogP contribution is 2.67. The van der Waals surface area contributed by atoms with E-state index in [1.54, 1.807) is 0 Å². The highest BCUT2D eigenvalue weighted by molar-refractivity contribution is 6.01. The lowest BCUT2D eigenvalue weighted by atomic mass is 9.76. The summed E-state index contributed by atoms with van der Waals surface area (Å²) in [6.45, 7) is 0.400. The van der Waals surface area contributed by atoms with E-state index in [1.165, 1.54) is 0 Å². The Morgan fingerprint density at radius 1 is 0.429 bits per heavy atom. The molecule has 0 amide bonds. The van der Waals surface area contributed by atoms with Crippen LogP contribution in [-0.4, -0.2) is 81.6 Å². The van der Waals surface area contributed by atoms with Crippen LogP contribution >= 0.6 is 0 Å². The van der Waals surface area contributed by atoms with E-state index in [1.807, 2.05) is 0 Å². The maximum absolute atomic E-state index is 15.0. The van der Waals surface area contributed by atoms with E-state index in [4.69, 9.17) is 10.2 Å². The Hall–Kier alpha value is -2.79. The molecule has 0 aromatic heterocycles. The summed E-state index contributed by atoms with van der Waals surface area (Å²) in [5.74, 6) is -73.7. The van der Waals surface area contributed by atoms with Crippen molar-refractivity contribution in [1.82, 2.24) is 0 Å². The Labute approximate surface area is 215 Å². The maximum Gasteiger partial charge on any atom is 0.460 e. The molecule has 0 heterocycles. The highest BCUT2D eigenvalue weighted by Gasteiger charge is 2.98. The molecular weight excluding hydrogens is 667 g/mol. The summed E-state index contributed by atoms with van der Waals surface area (Å²) < 4.78 is 283. The van der Waals surface area contributed by atoms with Gasteiger partial charge in [0.2, 0.25) is 0 Å². The minimum Gasteiger partial charge on any atom is -0.478 e. The average molecular weight is 676 g/mol. The molecule has 2 N–H and O–H groups in total. The Kier molecular flexibility index (Phi) is 9.47. The number of hydrogen-bond acceptors (Lipinski definition) is 2. The number of rotatable bonds is 11. The Morgan fingerprint density at radius 2 is 0.690 bits per heavy atom. The summed E-state index contributed by atoms with van der Waals surface area (Å²) in [5, 5.41) is 17.5. The molecule has 0 rings (SSSR count). The molecule has 0 aromatic carbocycles. The van der Waals surface area contributed by atoms with Crippen molar-refractivity contribution in [3.63, 3.8) is 0 Å². The van der Waals surface area contributed by atoms with E-state index in [9.17, 15) is 97.4 Å². The minimum atomic E-state index is -9.43. The van der Waals surface area contributed by atoms with Crippen molar-refractivity contribution in [3.05, 3.63) is 11.1 Å². The van der Waals surface area contributed by atoms with Crippen LogP contribution < -0.4 is 0 Å². The Bertz CT molecular complexity index is 1100. The molecule has 4 nitrogen and oxygen atoms in total.